The average molecular weight is 268 g/mol. The second kappa shape index (κ2) is 6.92. The Morgan fingerprint density at radius 3 is 2.63 bits per heavy atom. The van der Waals surface area contributed by atoms with Gasteiger partial charge in [-0.05, 0) is 12.3 Å². The number of amides is 1. The van der Waals surface area contributed by atoms with Gasteiger partial charge in [0.2, 0.25) is 5.76 Å². The van der Waals surface area contributed by atoms with Crippen molar-refractivity contribution in [3.05, 3.63) is 17.5 Å². The molecule has 1 rings (SSSR count). The molecule has 6 heteroatoms. The van der Waals surface area contributed by atoms with Crippen LogP contribution in [0.3, 0.4) is 0 Å². The van der Waals surface area contributed by atoms with E-state index in [-0.39, 0.29) is 18.2 Å². The molecule has 106 valence electrons. The quantitative estimate of drug-likeness (QED) is 0.789. The number of aliphatic carboxylic acids is 1. The zero-order valence-corrected chi connectivity index (χ0v) is 11.5. The highest BCUT2D eigenvalue weighted by molar-refractivity contribution is 5.91. The van der Waals surface area contributed by atoms with Crippen LogP contribution < -0.4 is 5.32 Å². The number of hydrogen-bond acceptors (Lipinski definition) is 4. The van der Waals surface area contributed by atoms with E-state index in [4.69, 9.17) is 9.63 Å². The summed E-state index contributed by atoms with van der Waals surface area (Å²) >= 11 is 0. The third-order valence-electron chi connectivity index (χ3n) is 2.84. The second-order valence-electron chi connectivity index (χ2n) is 4.80. The van der Waals surface area contributed by atoms with Gasteiger partial charge >= 0.3 is 5.97 Å². The first-order valence-corrected chi connectivity index (χ1v) is 6.43. The molecule has 0 aliphatic heterocycles. The van der Waals surface area contributed by atoms with E-state index in [1.54, 1.807) is 6.07 Å². The molecule has 1 aromatic rings. The van der Waals surface area contributed by atoms with E-state index in [1.807, 2.05) is 20.8 Å². The summed E-state index contributed by atoms with van der Waals surface area (Å²) in [6, 6.07) is 1.58. The Labute approximate surface area is 112 Å². The van der Waals surface area contributed by atoms with E-state index in [2.05, 4.69) is 10.5 Å². The Bertz CT molecular complexity index is 440. The van der Waals surface area contributed by atoms with Crippen LogP contribution in [0.15, 0.2) is 10.6 Å². The van der Waals surface area contributed by atoms with Crippen LogP contribution in [0.1, 0.15) is 55.8 Å². The maximum Gasteiger partial charge on any atom is 0.308 e. The van der Waals surface area contributed by atoms with Gasteiger partial charge in [-0.2, -0.15) is 0 Å². The highest BCUT2D eigenvalue weighted by Crippen LogP contribution is 2.14. The third kappa shape index (κ3) is 4.39. The standard InChI is InChI=1S/C13H20N2O4/c1-4-5-9(13(17)18)7-14-12(16)11-6-10(8(2)3)15-19-11/h6,8-9H,4-5,7H2,1-3H3,(H,14,16)(H,17,18). The molecule has 2 N–H and O–H groups in total. The number of hydrogen-bond donors (Lipinski definition) is 2. The smallest absolute Gasteiger partial charge is 0.308 e. The van der Waals surface area contributed by atoms with E-state index in [0.717, 1.165) is 6.42 Å². The fourth-order valence-corrected chi connectivity index (χ4v) is 1.63. The van der Waals surface area contributed by atoms with Gasteiger partial charge in [0.25, 0.3) is 5.91 Å². The third-order valence-corrected chi connectivity index (χ3v) is 2.84. The first-order valence-electron chi connectivity index (χ1n) is 6.43. The van der Waals surface area contributed by atoms with E-state index < -0.39 is 17.8 Å². The maximum absolute atomic E-state index is 11.8. The largest absolute Gasteiger partial charge is 0.481 e. The average Bonchev–Trinajstić information content (AvgIpc) is 2.83. The van der Waals surface area contributed by atoms with Gasteiger partial charge in [-0.15, -0.1) is 0 Å². The highest BCUT2D eigenvalue weighted by atomic mass is 16.5. The Morgan fingerprint density at radius 1 is 1.47 bits per heavy atom. The number of nitrogens with zero attached hydrogens (tertiary/aromatic N) is 1. The molecule has 0 aromatic carbocycles. The molecule has 0 radical (unpaired) electrons. The first kappa shape index (κ1) is 15.2. The number of nitrogens with one attached hydrogen (secondary N) is 1. The summed E-state index contributed by atoms with van der Waals surface area (Å²) in [7, 11) is 0. The molecule has 0 saturated heterocycles. The zero-order chi connectivity index (χ0) is 14.4. The summed E-state index contributed by atoms with van der Waals surface area (Å²) in [5.41, 5.74) is 0.702. The van der Waals surface area contributed by atoms with Gasteiger partial charge in [0.15, 0.2) is 0 Å². The van der Waals surface area contributed by atoms with Crippen molar-refractivity contribution in [1.29, 1.82) is 0 Å². The Kier molecular flexibility index (Phi) is 5.54. The molecular formula is C13H20N2O4. The van der Waals surface area contributed by atoms with E-state index in [1.165, 1.54) is 0 Å². The van der Waals surface area contributed by atoms with Crippen molar-refractivity contribution >= 4 is 11.9 Å². The summed E-state index contributed by atoms with van der Waals surface area (Å²) in [5, 5.41) is 15.3. The van der Waals surface area contributed by atoms with E-state index in [0.29, 0.717) is 12.1 Å². The number of carboxylic acid groups (broad SMARTS) is 1. The lowest BCUT2D eigenvalue weighted by Gasteiger charge is -2.11. The van der Waals surface area contributed by atoms with Crippen molar-refractivity contribution < 1.29 is 19.2 Å². The fraction of sp³-hybridized carbons (Fsp3) is 0.615. The Hall–Kier alpha value is -1.85. The molecule has 0 bridgehead atoms. The van der Waals surface area contributed by atoms with Crippen molar-refractivity contribution in [2.45, 2.75) is 39.5 Å². The van der Waals surface area contributed by atoms with Crippen molar-refractivity contribution in [2.24, 2.45) is 5.92 Å². The van der Waals surface area contributed by atoms with Gasteiger partial charge in [0.1, 0.15) is 0 Å². The van der Waals surface area contributed by atoms with E-state index in [9.17, 15) is 9.59 Å². The van der Waals surface area contributed by atoms with Crippen LogP contribution in [0.5, 0.6) is 0 Å². The molecule has 0 saturated carbocycles. The molecule has 1 atom stereocenters. The SMILES string of the molecule is CCCC(CNC(=O)c1cc(C(C)C)no1)C(=O)O. The maximum atomic E-state index is 11.8. The number of carbonyl (C=O) groups is 2. The van der Waals surface area contributed by atoms with Crippen LogP contribution in [0.2, 0.25) is 0 Å². The van der Waals surface area contributed by atoms with Gasteiger partial charge in [-0.25, -0.2) is 0 Å². The summed E-state index contributed by atoms with van der Waals surface area (Å²) in [6.45, 7) is 5.89. The van der Waals surface area contributed by atoms with Gasteiger partial charge in [0, 0.05) is 12.6 Å². The number of carbonyl (C=O) groups excluding carboxylic acids is 1. The molecule has 0 spiro atoms. The summed E-state index contributed by atoms with van der Waals surface area (Å²) in [4.78, 5) is 22.7. The van der Waals surface area contributed by atoms with Gasteiger partial charge < -0.3 is 14.9 Å². The predicted octanol–water partition coefficient (Wildman–Crippen LogP) is 2.03. The van der Waals surface area contributed by atoms with Crippen molar-refractivity contribution in [3.8, 4) is 0 Å². The van der Waals surface area contributed by atoms with Crippen LogP contribution >= 0.6 is 0 Å². The van der Waals surface area contributed by atoms with Crippen LogP contribution in [0.4, 0.5) is 0 Å². The molecule has 19 heavy (non-hydrogen) atoms. The molecule has 1 unspecified atom stereocenters. The monoisotopic (exact) mass is 268 g/mol. The minimum Gasteiger partial charge on any atom is -0.481 e. The summed E-state index contributed by atoms with van der Waals surface area (Å²) in [6.07, 6.45) is 1.29. The lowest BCUT2D eigenvalue weighted by atomic mass is 10.0. The lowest BCUT2D eigenvalue weighted by Crippen LogP contribution is -2.32. The summed E-state index contributed by atoms with van der Waals surface area (Å²) in [5.74, 6) is -1.60. The number of carboxylic acids is 1. The van der Waals surface area contributed by atoms with Gasteiger partial charge in [-0.3, -0.25) is 9.59 Å². The van der Waals surface area contributed by atoms with Crippen LogP contribution in [-0.2, 0) is 4.79 Å². The second-order valence-corrected chi connectivity index (χ2v) is 4.80. The highest BCUT2D eigenvalue weighted by Gasteiger charge is 2.19. The Morgan fingerprint density at radius 2 is 2.16 bits per heavy atom. The number of rotatable bonds is 7. The van der Waals surface area contributed by atoms with Crippen LogP contribution in [0, 0.1) is 5.92 Å². The molecule has 0 fully saturated rings. The van der Waals surface area contributed by atoms with Gasteiger partial charge in [-0.1, -0.05) is 32.3 Å². The van der Waals surface area contributed by atoms with Crippen molar-refractivity contribution in [1.82, 2.24) is 10.5 Å². The molecule has 6 nitrogen and oxygen atoms in total. The Balaban J connectivity index is 2.56. The lowest BCUT2D eigenvalue weighted by molar-refractivity contribution is -0.141. The minimum absolute atomic E-state index is 0.0969. The molecule has 1 amide bonds. The zero-order valence-electron chi connectivity index (χ0n) is 11.5. The first-order chi connectivity index (χ1) is 8.95. The van der Waals surface area contributed by atoms with Crippen molar-refractivity contribution in [3.63, 3.8) is 0 Å². The topological polar surface area (TPSA) is 92.4 Å². The normalized spacial score (nSPS) is 12.4. The molecule has 0 aliphatic carbocycles. The minimum atomic E-state index is -0.900. The fourth-order valence-electron chi connectivity index (χ4n) is 1.63. The molecule has 0 aliphatic rings. The van der Waals surface area contributed by atoms with Crippen LogP contribution in [0.25, 0.3) is 0 Å². The van der Waals surface area contributed by atoms with E-state index >= 15 is 0 Å². The number of aromatic nitrogens is 1. The van der Waals surface area contributed by atoms with Crippen molar-refractivity contribution in [2.75, 3.05) is 6.54 Å². The molecular weight excluding hydrogens is 248 g/mol. The van der Waals surface area contributed by atoms with Gasteiger partial charge in [0.05, 0.1) is 11.6 Å². The van der Waals surface area contributed by atoms with Crippen LogP contribution in [-0.4, -0.2) is 28.7 Å². The molecule has 1 aromatic heterocycles. The molecule has 1 heterocycles. The predicted molar refractivity (Wildman–Crippen MR) is 69.0 cm³/mol. The summed E-state index contributed by atoms with van der Waals surface area (Å²) < 4.78 is 4.93.